The Hall–Kier alpha value is -1.26. The first-order valence-corrected chi connectivity index (χ1v) is 5.91. The maximum atomic E-state index is 11.4. The number of ether oxygens (including phenoxy) is 1. The minimum atomic E-state index is -0.551. The molecule has 1 amide bonds. The number of carbonyl (C=O) groups excluding carboxylic acids is 1. The summed E-state index contributed by atoms with van der Waals surface area (Å²) in [6.45, 7) is 4.26. The number of nitrogens with two attached hydrogens (primary N) is 1. The van der Waals surface area contributed by atoms with Gasteiger partial charge in [0.15, 0.2) is 0 Å². The van der Waals surface area contributed by atoms with Crippen molar-refractivity contribution in [1.29, 1.82) is 0 Å². The Balaban J connectivity index is 2.71. The van der Waals surface area contributed by atoms with Crippen molar-refractivity contribution in [3.05, 3.63) is 23.2 Å². The molecular formula is C12H17ClN2O2. The monoisotopic (exact) mass is 256 g/mol. The van der Waals surface area contributed by atoms with E-state index >= 15 is 0 Å². The molecule has 0 aliphatic carbocycles. The van der Waals surface area contributed by atoms with Gasteiger partial charge in [-0.1, -0.05) is 18.5 Å². The van der Waals surface area contributed by atoms with E-state index in [2.05, 4.69) is 5.32 Å². The van der Waals surface area contributed by atoms with Crippen LogP contribution in [0.25, 0.3) is 0 Å². The maximum Gasteiger partial charge on any atom is 0.240 e. The molecule has 0 radical (unpaired) electrons. The number of nitrogens with one attached hydrogen (secondary N) is 1. The van der Waals surface area contributed by atoms with Gasteiger partial charge in [-0.25, -0.2) is 0 Å². The van der Waals surface area contributed by atoms with Crippen molar-refractivity contribution >= 4 is 23.2 Å². The lowest BCUT2D eigenvalue weighted by Gasteiger charge is -2.10. The smallest absolute Gasteiger partial charge is 0.240 e. The Morgan fingerprint density at radius 2 is 2.29 bits per heavy atom. The predicted octanol–water partition coefficient (Wildman–Crippen LogP) is 2.41. The Morgan fingerprint density at radius 1 is 1.59 bits per heavy atom. The number of halogens is 1. The van der Waals surface area contributed by atoms with E-state index in [1.54, 1.807) is 25.1 Å². The van der Waals surface area contributed by atoms with Gasteiger partial charge in [0.05, 0.1) is 17.7 Å². The number of benzene rings is 1. The van der Waals surface area contributed by atoms with Crippen molar-refractivity contribution in [2.45, 2.75) is 26.3 Å². The quantitative estimate of drug-likeness (QED) is 0.850. The number of rotatable bonds is 5. The van der Waals surface area contributed by atoms with Crippen LogP contribution in [-0.4, -0.2) is 18.6 Å². The first-order valence-electron chi connectivity index (χ1n) is 5.53. The number of anilines is 1. The minimum absolute atomic E-state index is 0.247. The standard InChI is InChI=1S/C12H17ClN2O2/c1-3-6-17-11-5-4-9(7-10(11)13)15-12(16)8(2)14/h4-5,7-8H,3,6,14H2,1-2H3,(H,15,16)/t8-/m0/s1. The third-order valence-electron chi connectivity index (χ3n) is 2.07. The summed E-state index contributed by atoms with van der Waals surface area (Å²) in [5.41, 5.74) is 6.06. The van der Waals surface area contributed by atoms with Crippen LogP contribution in [-0.2, 0) is 4.79 Å². The van der Waals surface area contributed by atoms with Crippen molar-refractivity contribution in [2.75, 3.05) is 11.9 Å². The van der Waals surface area contributed by atoms with Crippen molar-refractivity contribution in [3.63, 3.8) is 0 Å². The highest BCUT2D eigenvalue weighted by Crippen LogP contribution is 2.27. The number of carbonyl (C=O) groups is 1. The van der Waals surface area contributed by atoms with Gasteiger partial charge < -0.3 is 15.8 Å². The second-order valence-electron chi connectivity index (χ2n) is 3.77. The molecule has 1 aromatic carbocycles. The molecular weight excluding hydrogens is 240 g/mol. The lowest BCUT2D eigenvalue weighted by Crippen LogP contribution is -2.32. The van der Waals surface area contributed by atoms with Crippen molar-refractivity contribution in [2.24, 2.45) is 5.73 Å². The second-order valence-corrected chi connectivity index (χ2v) is 4.18. The Labute approximate surface area is 106 Å². The second kappa shape index (κ2) is 6.47. The summed E-state index contributed by atoms with van der Waals surface area (Å²) in [6, 6.07) is 4.56. The van der Waals surface area contributed by atoms with Gasteiger partial charge in [-0.15, -0.1) is 0 Å². The van der Waals surface area contributed by atoms with Gasteiger partial charge in [0.1, 0.15) is 5.75 Å². The van der Waals surface area contributed by atoms with Gasteiger partial charge in [0.2, 0.25) is 5.91 Å². The number of hydrogen-bond donors (Lipinski definition) is 2. The fraction of sp³-hybridized carbons (Fsp3) is 0.417. The Kier molecular flexibility index (Phi) is 5.25. The molecule has 0 bridgehead atoms. The number of amides is 1. The zero-order valence-electron chi connectivity index (χ0n) is 10.00. The SMILES string of the molecule is CCCOc1ccc(NC(=O)[C@H](C)N)cc1Cl. The Morgan fingerprint density at radius 3 is 2.82 bits per heavy atom. The molecule has 0 unspecified atom stereocenters. The van der Waals surface area contributed by atoms with Crippen molar-refractivity contribution < 1.29 is 9.53 Å². The molecule has 4 nitrogen and oxygen atoms in total. The molecule has 0 spiro atoms. The van der Waals surface area contributed by atoms with Gasteiger partial charge in [0, 0.05) is 5.69 Å². The third-order valence-corrected chi connectivity index (χ3v) is 2.37. The van der Waals surface area contributed by atoms with Gasteiger partial charge >= 0.3 is 0 Å². The topological polar surface area (TPSA) is 64.3 Å². The third kappa shape index (κ3) is 4.24. The zero-order valence-corrected chi connectivity index (χ0v) is 10.8. The van der Waals surface area contributed by atoms with Gasteiger partial charge in [-0.05, 0) is 31.5 Å². The molecule has 1 aromatic rings. The highest BCUT2D eigenvalue weighted by atomic mass is 35.5. The summed E-state index contributed by atoms with van der Waals surface area (Å²) in [5.74, 6) is 0.371. The molecule has 0 saturated carbocycles. The summed E-state index contributed by atoms with van der Waals surface area (Å²) in [5, 5.41) is 3.13. The molecule has 1 atom stereocenters. The van der Waals surface area contributed by atoms with Crippen LogP contribution in [0.2, 0.25) is 5.02 Å². The van der Waals surface area contributed by atoms with Crippen LogP contribution in [0.1, 0.15) is 20.3 Å². The lowest BCUT2D eigenvalue weighted by molar-refractivity contribution is -0.117. The van der Waals surface area contributed by atoms with Crippen LogP contribution in [0.4, 0.5) is 5.69 Å². The fourth-order valence-electron chi connectivity index (χ4n) is 1.16. The largest absolute Gasteiger partial charge is 0.492 e. The molecule has 0 aromatic heterocycles. The fourth-order valence-corrected chi connectivity index (χ4v) is 1.40. The van der Waals surface area contributed by atoms with E-state index in [0.717, 1.165) is 6.42 Å². The normalized spacial score (nSPS) is 12.0. The number of hydrogen-bond acceptors (Lipinski definition) is 3. The van der Waals surface area contributed by atoms with E-state index in [9.17, 15) is 4.79 Å². The first-order chi connectivity index (χ1) is 8.04. The lowest BCUT2D eigenvalue weighted by atomic mass is 10.2. The van der Waals surface area contributed by atoms with Crippen LogP contribution in [0.5, 0.6) is 5.75 Å². The summed E-state index contributed by atoms with van der Waals surface area (Å²) < 4.78 is 5.42. The van der Waals surface area contributed by atoms with E-state index in [4.69, 9.17) is 22.1 Å². The first kappa shape index (κ1) is 13.8. The average molecular weight is 257 g/mol. The van der Waals surface area contributed by atoms with Crippen LogP contribution in [0, 0.1) is 0 Å². The molecule has 0 heterocycles. The van der Waals surface area contributed by atoms with Crippen molar-refractivity contribution in [3.8, 4) is 5.75 Å². The van der Waals surface area contributed by atoms with E-state index < -0.39 is 6.04 Å². The van der Waals surface area contributed by atoms with E-state index in [0.29, 0.717) is 23.1 Å². The molecule has 1 rings (SSSR count). The average Bonchev–Trinajstić information content (AvgIpc) is 2.28. The van der Waals surface area contributed by atoms with Crippen molar-refractivity contribution in [1.82, 2.24) is 0 Å². The molecule has 5 heteroatoms. The van der Waals surface area contributed by atoms with Crippen LogP contribution >= 0.6 is 11.6 Å². The summed E-state index contributed by atoms with van der Waals surface area (Å²) in [6.07, 6.45) is 0.916. The summed E-state index contributed by atoms with van der Waals surface area (Å²) in [7, 11) is 0. The molecule has 94 valence electrons. The zero-order chi connectivity index (χ0) is 12.8. The van der Waals surface area contributed by atoms with Crippen LogP contribution in [0.15, 0.2) is 18.2 Å². The predicted molar refractivity (Wildman–Crippen MR) is 69.5 cm³/mol. The van der Waals surface area contributed by atoms with E-state index in [1.165, 1.54) is 0 Å². The highest BCUT2D eigenvalue weighted by Gasteiger charge is 2.09. The summed E-state index contributed by atoms with van der Waals surface area (Å²) >= 11 is 6.02. The maximum absolute atomic E-state index is 11.4. The molecule has 0 saturated heterocycles. The molecule has 0 fully saturated rings. The van der Waals surface area contributed by atoms with Crippen LogP contribution in [0.3, 0.4) is 0 Å². The molecule has 0 aliphatic rings. The van der Waals surface area contributed by atoms with Crippen LogP contribution < -0.4 is 15.8 Å². The van der Waals surface area contributed by atoms with Gasteiger partial charge in [-0.3, -0.25) is 4.79 Å². The molecule has 3 N–H and O–H groups in total. The van der Waals surface area contributed by atoms with E-state index in [-0.39, 0.29) is 5.91 Å². The van der Waals surface area contributed by atoms with Gasteiger partial charge in [0.25, 0.3) is 0 Å². The molecule has 17 heavy (non-hydrogen) atoms. The van der Waals surface area contributed by atoms with E-state index in [1.807, 2.05) is 6.92 Å². The van der Waals surface area contributed by atoms with Gasteiger partial charge in [-0.2, -0.15) is 0 Å². The highest BCUT2D eigenvalue weighted by molar-refractivity contribution is 6.32. The summed E-state index contributed by atoms with van der Waals surface area (Å²) in [4.78, 5) is 11.4. The Bertz CT molecular complexity index is 394. The molecule has 0 aliphatic heterocycles. The minimum Gasteiger partial charge on any atom is -0.492 e.